The van der Waals surface area contributed by atoms with Crippen LogP contribution in [0, 0.1) is 0 Å². The fraction of sp³-hybridized carbons (Fsp3) is 0.417. The van der Waals surface area contributed by atoms with Crippen LogP contribution in [0.1, 0.15) is 41.0 Å². The van der Waals surface area contributed by atoms with Gasteiger partial charge in [-0.2, -0.15) is 24.9 Å². The van der Waals surface area contributed by atoms with E-state index in [4.69, 9.17) is 0 Å². The van der Waals surface area contributed by atoms with Gasteiger partial charge < -0.3 is 10.0 Å². The van der Waals surface area contributed by atoms with E-state index < -0.39 is 17.3 Å². The molecule has 0 radical (unpaired) electrons. The van der Waals surface area contributed by atoms with Gasteiger partial charge in [-0.3, -0.25) is 0 Å². The molecule has 0 aromatic heterocycles. The summed E-state index contributed by atoms with van der Waals surface area (Å²) >= 11 is 1.78. The van der Waals surface area contributed by atoms with Crippen molar-refractivity contribution in [2.45, 2.75) is 30.5 Å². The predicted octanol–water partition coefficient (Wildman–Crippen LogP) is 5.78. The van der Waals surface area contributed by atoms with Crippen molar-refractivity contribution >= 4 is 17.8 Å². The Morgan fingerprint density at radius 2 is 1.60 bits per heavy atom. The Bertz CT molecular complexity index is 821. The first kappa shape index (κ1) is 22.9. The molecule has 1 N–H and O–H groups in total. The van der Waals surface area contributed by atoms with Crippen molar-refractivity contribution in [2.24, 2.45) is 0 Å². The first-order valence-electron chi connectivity index (χ1n) is 10.1. The van der Waals surface area contributed by atoms with Gasteiger partial charge >= 0.3 is 6.18 Å². The zero-order valence-electron chi connectivity index (χ0n) is 17.2. The zero-order valence-corrected chi connectivity index (χ0v) is 18.0. The predicted molar refractivity (Wildman–Crippen MR) is 119 cm³/mol. The number of halogens is 3. The highest BCUT2D eigenvalue weighted by atomic mass is 32.2. The Morgan fingerprint density at radius 1 is 1.03 bits per heavy atom. The van der Waals surface area contributed by atoms with Crippen LogP contribution in [0.15, 0.2) is 55.1 Å². The van der Waals surface area contributed by atoms with Crippen molar-refractivity contribution in [3.05, 3.63) is 77.4 Å². The molecule has 0 amide bonds. The van der Waals surface area contributed by atoms with Crippen molar-refractivity contribution in [3.8, 4) is 0 Å². The van der Waals surface area contributed by atoms with E-state index in [0.29, 0.717) is 5.92 Å². The molecular weight excluding hydrogens is 407 g/mol. The highest BCUT2D eigenvalue weighted by Gasteiger charge is 2.36. The Balaban J connectivity index is 0.000000177. The number of nitrogens with zero attached hydrogens (tertiary/aromatic N) is 1. The van der Waals surface area contributed by atoms with E-state index in [9.17, 15) is 18.3 Å². The fourth-order valence-electron chi connectivity index (χ4n) is 3.68. The summed E-state index contributed by atoms with van der Waals surface area (Å²) in [5, 5.41) is 10.00. The molecule has 0 bridgehead atoms. The maximum atomic E-state index is 12.4. The van der Waals surface area contributed by atoms with Crippen LogP contribution >= 0.6 is 11.8 Å². The summed E-state index contributed by atoms with van der Waals surface area (Å²) in [7, 11) is 2.07. The number of thioether (sulfide) groups is 1. The third-order valence-corrected chi connectivity index (χ3v) is 7.16. The van der Waals surface area contributed by atoms with Crippen LogP contribution in [0.2, 0.25) is 0 Å². The van der Waals surface area contributed by atoms with Gasteiger partial charge in [0.05, 0.1) is 5.56 Å². The number of rotatable bonds is 3. The molecular formula is C24H28F3NOS. The Kier molecular flexibility index (Phi) is 7.32. The molecule has 0 saturated carbocycles. The molecule has 162 valence electrons. The molecule has 2 fully saturated rings. The molecule has 2 aliphatic heterocycles. The minimum atomic E-state index is -4.23. The van der Waals surface area contributed by atoms with Gasteiger partial charge in [-0.1, -0.05) is 49.1 Å². The Morgan fingerprint density at radius 3 is 2.03 bits per heavy atom. The van der Waals surface area contributed by atoms with Crippen LogP contribution in [-0.2, 0) is 11.8 Å². The summed E-state index contributed by atoms with van der Waals surface area (Å²) in [4.78, 5) is 2.25. The van der Waals surface area contributed by atoms with E-state index in [1.807, 2.05) is 30.3 Å². The van der Waals surface area contributed by atoms with E-state index in [2.05, 4.69) is 18.5 Å². The van der Waals surface area contributed by atoms with Crippen molar-refractivity contribution in [1.82, 2.24) is 4.90 Å². The highest BCUT2D eigenvalue weighted by molar-refractivity contribution is 8.00. The summed E-state index contributed by atoms with van der Waals surface area (Å²) in [6.07, 6.45) is -0.363. The number of hydrogen-bond donors (Lipinski definition) is 1. The molecule has 2 saturated heterocycles. The summed E-state index contributed by atoms with van der Waals surface area (Å²) in [6, 6.07) is 13.6. The molecule has 0 aliphatic carbocycles. The molecule has 0 atom stereocenters. The zero-order chi connectivity index (χ0) is 21.8. The van der Waals surface area contributed by atoms with E-state index >= 15 is 0 Å². The van der Waals surface area contributed by atoms with Crippen LogP contribution in [0.3, 0.4) is 0 Å². The van der Waals surface area contributed by atoms with Crippen molar-refractivity contribution < 1.29 is 18.3 Å². The van der Waals surface area contributed by atoms with Crippen LogP contribution in [-0.4, -0.2) is 41.6 Å². The average Bonchev–Trinajstić information content (AvgIpc) is 2.73. The van der Waals surface area contributed by atoms with E-state index in [-0.39, 0.29) is 0 Å². The molecule has 2 nitrogen and oxygen atoms in total. The second kappa shape index (κ2) is 9.58. The summed E-state index contributed by atoms with van der Waals surface area (Å²) in [5.74, 6) is 2.05. The maximum Gasteiger partial charge on any atom is 0.416 e. The molecule has 2 aromatic rings. The monoisotopic (exact) mass is 435 g/mol. The lowest BCUT2D eigenvalue weighted by atomic mass is 9.89. The minimum absolute atomic E-state index is 0.411. The quantitative estimate of drug-likeness (QED) is 0.661. The third-order valence-electron chi connectivity index (χ3n) is 5.79. The number of likely N-dealkylation sites (tertiary alicyclic amines) is 1. The van der Waals surface area contributed by atoms with E-state index in [1.54, 1.807) is 23.9 Å². The van der Waals surface area contributed by atoms with Crippen molar-refractivity contribution in [3.63, 3.8) is 0 Å². The lowest BCUT2D eigenvalue weighted by Crippen LogP contribution is -2.39. The van der Waals surface area contributed by atoms with Gasteiger partial charge in [0.2, 0.25) is 0 Å². The SMILES string of the molecule is C=Cc1ccc(C2(O)CSC2)cc1.CN1CCC(c2ccc(C(F)(F)F)cc2)CC1. The molecule has 4 rings (SSSR count). The minimum Gasteiger partial charge on any atom is -0.383 e. The van der Waals surface area contributed by atoms with Crippen molar-refractivity contribution in [2.75, 3.05) is 31.6 Å². The van der Waals surface area contributed by atoms with Gasteiger partial charge in [0.1, 0.15) is 5.60 Å². The Hall–Kier alpha value is -1.76. The first-order valence-corrected chi connectivity index (χ1v) is 11.3. The summed E-state index contributed by atoms with van der Waals surface area (Å²) < 4.78 is 37.2. The van der Waals surface area contributed by atoms with Gasteiger partial charge in [-0.05, 0) is 67.7 Å². The second-order valence-electron chi connectivity index (χ2n) is 8.05. The number of aliphatic hydroxyl groups is 1. The van der Waals surface area contributed by atoms with Gasteiger partial charge in [0.15, 0.2) is 0 Å². The van der Waals surface area contributed by atoms with Crippen molar-refractivity contribution in [1.29, 1.82) is 0 Å². The summed E-state index contributed by atoms with van der Waals surface area (Å²) in [5.41, 5.74) is 2.03. The van der Waals surface area contributed by atoms with Crippen LogP contribution in [0.4, 0.5) is 13.2 Å². The first-order chi connectivity index (χ1) is 14.2. The lowest BCUT2D eigenvalue weighted by molar-refractivity contribution is -0.137. The molecule has 0 spiro atoms. The topological polar surface area (TPSA) is 23.5 Å². The molecule has 6 heteroatoms. The Labute approximate surface area is 180 Å². The van der Waals surface area contributed by atoms with E-state index in [0.717, 1.165) is 54.1 Å². The molecule has 2 aliphatic rings. The fourth-order valence-corrected chi connectivity index (χ4v) is 4.60. The average molecular weight is 436 g/mol. The number of piperidine rings is 1. The molecule has 2 heterocycles. The standard InChI is InChI=1S/C13H16F3N.C11H12OS/c1-17-8-6-11(7-9-17)10-2-4-12(5-3-10)13(14,15)16;1-2-9-3-5-10(6-4-9)11(12)7-13-8-11/h2-5,11H,6-9H2,1H3;2-6,12H,1,7-8H2. The van der Waals surface area contributed by atoms with E-state index in [1.165, 1.54) is 12.1 Å². The van der Waals surface area contributed by atoms with Gasteiger partial charge in [0.25, 0.3) is 0 Å². The van der Waals surface area contributed by atoms with Crippen LogP contribution in [0.25, 0.3) is 6.08 Å². The van der Waals surface area contributed by atoms with Gasteiger partial charge in [-0.15, -0.1) is 0 Å². The molecule has 0 unspecified atom stereocenters. The second-order valence-corrected chi connectivity index (χ2v) is 9.03. The summed E-state index contributed by atoms with van der Waals surface area (Å²) in [6.45, 7) is 5.73. The maximum absolute atomic E-state index is 12.4. The van der Waals surface area contributed by atoms with Gasteiger partial charge in [0, 0.05) is 11.5 Å². The van der Waals surface area contributed by atoms with Crippen LogP contribution in [0.5, 0.6) is 0 Å². The number of hydrogen-bond acceptors (Lipinski definition) is 3. The number of alkyl halides is 3. The van der Waals surface area contributed by atoms with Gasteiger partial charge in [-0.25, -0.2) is 0 Å². The normalized spacial score (nSPS) is 19.4. The number of benzene rings is 2. The third kappa shape index (κ3) is 5.68. The highest BCUT2D eigenvalue weighted by Crippen LogP contribution is 2.38. The smallest absolute Gasteiger partial charge is 0.383 e. The molecule has 2 aromatic carbocycles. The largest absolute Gasteiger partial charge is 0.416 e. The lowest BCUT2D eigenvalue weighted by Gasteiger charge is -2.36. The van der Waals surface area contributed by atoms with Crippen LogP contribution < -0.4 is 0 Å². The molecule has 30 heavy (non-hydrogen) atoms.